The number of fused-ring (bicyclic) bond motifs is 1. The van der Waals surface area contributed by atoms with Gasteiger partial charge in [-0.05, 0) is 30.2 Å². The van der Waals surface area contributed by atoms with Crippen molar-refractivity contribution in [2.24, 2.45) is 11.7 Å². The minimum Gasteiger partial charge on any atom is -0.493 e. The van der Waals surface area contributed by atoms with Crippen LogP contribution >= 0.6 is 0 Å². The fraction of sp³-hybridized carbons (Fsp3) is 0.300. The molecule has 142 valence electrons. The summed E-state index contributed by atoms with van der Waals surface area (Å²) in [5.74, 6) is 0.908. The first-order chi connectivity index (χ1) is 13.0. The number of imidazole rings is 1. The number of rotatable bonds is 7. The van der Waals surface area contributed by atoms with E-state index in [1.807, 2.05) is 48.8 Å². The lowest BCUT2D eigenvalue weighted by Gasteiger charge is -2.16. The van der Waals surface area contributed by atoms with Gasteiger partial charge in [-0.3, -0.25) is 4.79 Å². The van der Waals surface area contributed by atoms with E-state index in [1.165, 1.54) is 0 Å². The summed E-state index contributed by atoms with van der Waals surface area (Å²) in [7, 11) is 1.57. The maximum absolute atomic E-state index is 12.2. The van der Waals surface area contributed by atoms with E-state index in [0.29, 0.717) is 17.2 Å². The van der Waals surface area contributed by atoms with Crippen LogP contribution in [0.25, 0.3) is 5.65 Å². The molecule has 0 aliphatic heterocycles. The Morgan fingerprint density at radius 3 is 2.78 bits per heavy atom. The van der Waals surface area contributed by atoms with Crippen molar-refractivity contribution in [3.8, 4) is 11.5 Å². The number of nitrogens with one attached hydrogen (secondary N) is 1. The van der Waals surface area contributed by atoms with E-state index < -0.39 is 6.04 Å². The molecule has 1 aromatic carbocycles. The molecule has 0 aliphatic carbocycles. The van der Waals surface area contributed by atoms with Gasteiger partial charge in [-0.2, -0.15) is 0 Å². The molecule has 0 saturated carbocycles. The van der Waals surface area contributed by atoms with Crippen LogP contribution in [0.5, 0.6) is 11.5 Å². The molecule has 7 heteroatoms. The summed E-state index contributed by atoms with van der Waals surface area (Å²) in [5.41, 5.74) is 8.14. The minimum atomic E-state index is -0.575. The van der Waals surface area contributed by atoms with Crippen LogP contribution in [-0.4, -0.2) is 28.4 Å². The number of hydrogen-bond acceptors (Lipinski definition) is 5. The molecule has 0 radical (unpaired) electrons. The molecule has 3 aromatic rings. The van der Waals surface area contributed by atoms with Crippen molar-refractivity contribution in [2.45, 2.75) is 26.5 Å². The molecular weight excluding hydrogens is 344 g/mol. The molecule has 3 rings (SSSR count). The SMILES string of the molecule is COc1ccc(NC(=O)[C@@H](N)C(C)C)cc1OCc1cn2ccccc2n1. The molecule has 2 aromatic heterocycles. The second-order valence-electron chi connectivity index (χ2n) is 6.61. The van der Waals surface area contributed by atoms with Crippen LogP contribution in [0.3, 0.4) is 0 Å². The van der Waals surface area contributed by atoms with Crippen LogP contribution in [0.15, 0.2) is 48.8 Å². The van der Waals surface area contributed by atoms with Gasteiger partial charge in [0.15, 0.2) is 11.5 Å². The highest BCUT2D eigenvalue weighted by Gasteiger charge is 2.18. The van der Waals surface area contributed by atoms with E-state index in [-0.39, 0.29) is 18.4 Å². The summed E-state index contributed by atoms with van der Waals surface area (Å²) in [6.45, 7) is 4.09. The average molecular weight is 368 g/mol. The number of aromatic nitrogens is 2. The second kappa shape index (κ2) is 8.09. The summed E-state index contributed by atoms with van der Waals surface area (Å²) in [4.78, 5) is 16.7. The van der Waals surface area contributed by atoms with E-state index >= 15 is 0 Å². The molecule has 3 N–H and O–H groups in total. The molecule has 0 spiro atoms. The zero-order valence-corrected chi connectivity index (χ0v) is 15.7. The predicted octanol–water partition coefficient (Wildman–Crippen LogP) is 2.84. The third-order valence-corrected chi connectivity index (χ3v) is 4.24. The maximum atomic E-state index is 12.2. The number of amides is 1. The van der Waals surface area contributed by atoms with Crippen LogP contribution in [0.4, 0.5) is 5.69 Å². The number of carbonyl (C=O) groups is 1. The molecule has 0 fully saturated rings. The van der Waals surface area contributed by atoms with E-state index in [2.05, 4.69) is 10.3 Å². The van der Waals surface area contributed by atoms with Crippen molar-refractivity contribution in [3.63, 3.8) is 0 Å². The van der Waals surface area contributed by atoms with E-state index in [9.17, 15) is 4.79 Å². The van der Waals surface area contributed by atoms with Crippen LogP contribution in [0.1, 0.15) is 19.5 Å². The zero-order valence-electron chi connectivity index (χ0n) is 15.7. The normalized spacial score (nSPS) is 12.2. The molecule has 2 heterocycles. The highest BCUT2D eigenvalue weighted by atomic mass is 16.5. The van der Waals surface area contributed by atoms with Crippen molar-refractivity contribution < 1.29 is 14.3 Å². The lowest BCUT2D eigenvalue weighted by Crippen LogP contribution is -2.39. The van der Waals surface area contributed by atoms with Gasteiger partial charge < -0.3 is 24.9 Å². The molecule has 0 aliphatic rings. The highest BCUT2D eigenvalue weighted by Crippen LogP contribution is 2.31. The first-order valence-corrected chi connectivity index (χ1v) is 8.78. The number of ether oxygens (including phenoxy) is 2. The van der Waals surface area contributed by atoms with Gasteiger partial charge in [0.25, 0.3) is 0 Å². The standard InChI is InChI=1S/C20H24N4O3/c1-13(2)19(21)20(25)23-14-7-8-16(26-3)17(10-14)27-12-15-11-24-9-5-4-6-18(24)22-15/h4-11,13,19H,12,21H2,1-3H3,(H,23,25)/t19-/m0/s1. The topological polar surface area (TPSA) is 90.9 Å². The number of hydrogen-bond donors (Lipinski definition) is 2. The van der Waals surface area contributed by atoms with Gasteiger partial charge in [-0.1, -0.05) is 19.9 Å². The van der Waals surface area contributed by atoms with Crippen LogP contribution < -0.4 is 20.5 Å². The Balaban J connectivity index is 1.74. The second-order valence-corrected chi connectivity index (χ2v) is 6.61. The van der Waals surface area contributed by atoms with Gasteiger partial charge in [0, 0.05) is 24.1 Å². The lowest BCUT2D eigenvalue weighted by molar-refractivity contribution is -0.118. The quantitative estimate of drug-likeness (QED) is 0.669. The Labute approximate surface area is 158 Å². The molecule has 0 unspecified atom stereocenters. The van der Waals surface area contributed by atoms with Gasteiger partial charge >= 0.3 is 0 Å². The molecule has 7 nitrogen and oxygen atoms in total. The van der Waals surface area contributed by atoms with Crippen molar-refractivity contribution in [2.75, 3.05) is 12.4 Å². The number of carbonyl (C=O) groups excluding carboxylic acids is 1. The van der Waals surface area contributed by atoms with Crippen molar-refractivity contribution in [1.29, 1.82) is 0 Å². The Morgan fingerprint density at radius 1 is 1.26 bits per heavy atom. The third-order valence-electron chi connectivity index (χ3n) is 4.24. The monoisotopic (exact) mass is 368 g/mol. The molecule has 27 heavy (non-hydrogen) atoms. The molecule has 1 atom stereocenters. The number of anilines is 1. The fourth-order valence-corrected chi connectivity index (χ4v) is 2.60. The lowest BCUT2D eigenvalue weighted by atomic mass is 10.0. The number of nitrogens with two attached hydrogens (primary N) is 1. The Hall–Kier alpha value is -3.06. The largest absolute Gasteiger partial charge is 0.493 e. The molecular formula is C20H24N4O3. The van der Waals surface area contributed by atoms with Gasteiger partial charge in [-0.25, -0.2) is 4.98 Å². The van der Waals surface area contributed by atoms with Gasteiger partial charge in [0.05, 0.1) is 18.8 Å². The molecule has 1 amide bonds. The number of benzene rings is 1. The van der Waals surface area contributed by atoms with Gasteiger partial charge in [-0.15, -0.1) is 0 Å². The summed E-state index contributed by atoms with van der Waals surface area (Å²) >= 11 is 0. The van der Waals surface area contributed by atoms with Crippen molar-refractivity contribution >= 4 is 17.2 Å². The maximum Gasteiger partial charge on any atom is 0.241 e. The number of pyridine rings is 1. The molecule has 0 saturated heterocycles. The smallest absolute Gasteiger partial charge is 0.241 e. The molecule has 0 bridgehead atoms. The van der Waals surface area contributed by atoms with Crippen LogP contribution in [-0.2, 0) is 11.4 Å². The fourth-order valence-electron chi connectivity index (χ4n) is 2.60. The summed E-state index contributed by atoms with van der Waals surface area (Å²) in [6.07, 6.45) is 3.84. The minimum absolute atomic E-state index is 0.0500. The van der Waals surface area contributed by atoms with Gasteiger partial charge in [0.1, 0.15) is 12.3 Å². The van der Waals surface area contributed by atoms with Gasteiger partial charge in [0.2, 0.25) is 5.91 Å². The first kappa shape index (κ1) is 18.7. The van der Waals surface area contributed by atoms with Crippen molar-refractivity contribution in [3.05, 3.63) is 54.5 Å². The highest BCUT2D eigenvalue weighted by molar-refractivity contribution is 5.95. The Bertz CT molecular complexity index is 903. The number of methoxy groups -OCH3 is 1. The summed E-state index contributed by atoms with van der Waals surface area (Å²) < 4.78 is 13.2. The van der Waals surface area contributed by atoms with Crippen LogP contribution in [0, 0.1) is 5.92 Å². The van der Waals surface area contributed by atoms with Crippen molar-refractivity contribution in [1.82, 2.24) is 9.38 Å². The van der Waals surface area contributed by atoms with E-state index in [0.717, 1.165) is 11.3 Å². The summed E-state index contributed by atoms with van der Waals surface area (Å²) in [6, 6.07) is 10.4. The summed E-state index contributed by atoms with van der Waals surface area (Å²) in [5, 5.41) is 2.82. The van der Waals surface area contributed by atoms with Crippen LogP contribution in [0.2, 0.25) is 0 Å². The third kappa shape index (κ3) is 4.38. The van der Waals surface area contributed by atoms with E-state index in [1.54, 1.807) is 25.3 Å². The zero-order chi connectivity index (χ0) is 19.4. The Kier molecular flexibility index (Phi) is 5.61. The Morgan fingerprint density at radius 2 is 2.07 bits per heavy atom. The first-order valence-electron chi connectivity index (χ1n) is 8.78. The van der Waals surface area contributed by atoms with E-state index in [4.69, 9.17) is 15.2 Å². The average Bonchev–Trinajstić information content (AvgIpc) is 3.08. The predicted molar refractivity (Wildman–Crippen MR) is 104 cm³/mol. The number of nitrogens with zero attached hydrogens (tertiary/aromatic N) is 2.